The predicted octanol–water partition coefficient (Wildman–Crippen LogP) is 5.57. The van der Waals surface area contributed by atoms with Crippen LogP contribution in [0.4, 0.5) is 0 Å². The van der Waals surface area contributed by atoms with Gasteiger partial charge in [0.1, 0.15) is 23.7 Å². The number of hydrogen-bond acceptors (Lipinski definition) is 12. The van der Waals surface area contributed by atoms with Crippen molar-refractivity contribution in [3.8, 4) is 11.5 Å². The Hall–Kier alpha value is -4.68. The molecule has 1 unspecified atom stereocenters. The van der Waals surface area contributed by atoms with Crippen molar-refractivity contribution < 1.29 is 57.1 Å². The van der Waals surface area contributed by atoms with Crippen molar-refractivity contribution in [1.82, 2.24) is 0 Å². The highest BCUT2D eigenvalue weighted by molar-refractivity contribution is 5.90. The first-order valence-electron chi connectivity index (χ1n) is 17.1. The quantitative estimate of drug-likeness (QED) is 0.0658. The van der Waals surface area contributed by atoms with Gasteiger partial charge in [-0.3, -0.25) is 0 Å². The lowest BCUT2D eigenvalue weighted by molar-refractivity contribution is -0.138. The SMILES string of the molecule is C=CC(=O)OCCCCCCOc1ccc(C(=O)OC2CO[C@H]3[C@@H]2OC[C@H]3OC(=O)c2ccc(OCCCCCCOC(=O)C=C)cc2)cc1. The first-order valence-corrected chi connectivity index (χ1v) is 17.1. The third-order valence-electron chi connectivity index (χ3n) is 8.10. The Morgan fingerprint density at radius 1 is 0.560 bits per heavy atom. The molecule has 2 aliphatic heterocycles. The summed E-state index contributed by atoms with van der Waals surface area (Å²) in [6, 6.07) is 13.4. The van der Waals surface area contributed by atoms with Crippen LogP contribution in [-0.4, -0.2) is 87.9 Å². The van der Waals surface area contributed by atoms with Crippen LogP contribution in [0.1, 0.15) is 72.1 Å². The summed E-state index contributed by atoms with van der Waals surface area (Å²) in [7, 11) is 0. The van der Waals surface area contributed by atoms with Crippen LogP contribution in [0.2, 0.25) is 0 Å². The molecule has 0 N–H and O–H groups in total. The van der Waals surface area contributed by atoms with Gasteiger partial charge in [-0.15, -0.1) is 0 Å². The molecule has 0 bridgehead atoms. The zero-order valence-electron chi connectivity index (χ0n) is 28.3. The van der Waals surface area contributed by atoms with Crippen LogP contribution in [0.25, 0.3) is 0 Å². The van der Waals surface area contributed by atoms with Crippen LogP contribution in [-0.2, 0) is 38.0 Å². The Morgan fingerprint density at radius 2 is 0.920 bits per heavy atom. The summed E-state index contributed by atoms with van der Waals surface area (Å²) in [6.07, 6.45) is 6.93. The molecule has 2 heterocycles. The average Bonchev–Trinajstić information content (AvgIpc) is 3.73. The number of esters is 4. The largest absolute Gasteiger partial charge is 0.494 e. The maximum atomic E-state index is 12.9. The molecule has 0 amide bonds. The molecular formula is C38H46O12. The number of fused-ring (bicyclic) bond motifs is 1. The number of unbranched alkanes of at least 4 members (excludes halogenated alkanes) is 6. The second-order valence-corrected chi connectivity index (χ2v) is 11.8. The predicted molar refractivity (Wildman–Crippen MR) is 181 cm³/mol. The van der Waals surface area contributed by atoms with Crippen molar-refractivity contribution in [3.63, 3.8) is 0 Å². The van der Waals surface area contributed by atoms with Crippen LogP contribution in [0, 0.1) is 0 Å². The molecule has 0 radical (unpaired) electrons. The lowest BCUT2D eigenvalue weighted by Gasteiger charge is -2.17. The molecule has 0 spiro atoms. The van der Waals surface area contributed by atoms with Gasteiger partial charge in [-0.05, 0) is 99.9 Å². The fraction of sp³-hybridized carbons (Fsp3) is 0.474. The van der Waals surface area contributed by atoms with Gasteiger partial charge >= 0.3 is 23.9 Å². The van der Waals surface area contributed by atoms with Gasteiger partial charge in [-0.25, -0.2) is 19.2 Å². The minimum atomic E-state index is -0.640. The van der Waals surface area contributed by atoms with Crippen molar-refractivity contribution in [3.05, 3.63) is 85.0 Å². The second kappa shape index (κ2) is 20.7. The Labute approximate surface area is 292 Å². The van der Waals surface area contributed by atoms with Crippen molar-refractivity contribution in [2.75, 3.05) is 39.6 Å². The molecule has 0 saturated carbocycles. The molecule has 12 heteroatoms. The number of rotatable bonds is 22. The van der Waals surface area contributed by atoms with E-state index in [1.807, 2.05) is 0 Å². The van der Waals surface area contributed by atoms with Crippen LogP contribution >= 0.6 is 0 Å². The van der Waals surface area contributed by atoms with E-state index in [4.69, 9.17) is 37.9 Å². The van der Waals surface area contributed by atoms with E-state index >= 15 is 0 Å². The van der Waals surface area contributed by atoms with E-state index in [0.717, 1.165) is 63.5 Å². The van der Waals surface area contributed by atoms with E-state index in [-0.39, 0.29) is 13.2 Å². The zero-order valence-corrected chi connectivity index (χ0v) is 28.3. The van der Waals surface area contributed by atoms with E-state index in [1.54, 1.807) is 48.5 Å². The summed E-state index contributed by atoms with van der Waals surface area (Å²) in [5.74, 6) is -0.553. The van der Waals surface area contributed by atoms with Gasteiger partial charge in [-0.2, -0.15) is 0 Å². The number of ether oxygens (including phenoxy) is 8. The summed E-state index contributed by atoms with van der Waals surface area (Å²) >= 11 is 0. The maximum absolute atomic E-state index is 12.9. The molecule has 2 fully saturated rings. The van der Waals surface area contributed by atoms with Crippen molar-refractivity contribution in [2.45, 2.75) is 75.8 Å². The van der Waals surface area contributed by atoms with E-state index in [0.29, 0.717) is 49.1 Å². The normalized spacial score (nSPS) is 19.1. The van der Waals surface area contributed by atoms with Crippen molar-refractivity contribution in [1.29, 1.82) is 0 Å². The fourth-order valence-corrected chi connectivity index (χ4v) is 5.38. The number of carbonyl (C=O) groups excluding carboxylic acids is 4. The molecule has 12 nitrogen and oxygen atoms in total. The molecule has 50 heavy (non-hydrogen) atoms. The fourth-order valence-electron chi connectivity index (χ4n) is 5.38. The Bertz CT molecular complexity index is 1300. The molecule has 2 aromatic rings. The van der Waals surface area contributed by atoms with Crippen molar-refractivity contribution in [2.24, 2.45) is 0 Å². The Morgan fingerprint density at radius 3 is 1.28 bits per heavy atom. The smallest absolute Gasteiger partial charge is 0.338 e. The van der Waals surface area contributed by atoms with Gasteiger partial charge in [0.25, 0.3) is 0 Å². The van der Waals surface area contributed by atoms with Gasteiger partial charge in [0.05, 0.1) is 50.8 Å². The van der Waals surface area contributed by atoms with Crippen molar-refractivity contribution >= 4 is 23.9 Å². The van der Waals surface area contributed by atoms with E-state index in [9.17, 15) is 19.2 Å². The number of carbonyl (C=O) groups is 4. The zero-order chi connectivity index (χ0) is 35.6. The summed E-state index contributed by atoms with van der Waals surface area (Å²) in [4.78, 5) is 47.8. The third kappa shape index (κ3) is 12.3. The van der Waals surface area contributed by atoms with Gasteiger partial charge in [0.15, 0.2) is 12.2 Å². The minimum absolute atomic E-state index is 0.127. The molecule has 0 aliphatic carbocycles. The molecule has 2 aliphatic rings. The van der Waals surface area contributed by atoms with Gasteiger partial charge in [0, 0.05) is 12.2 Å². The molecule has 4 rings (SSSR count). The lowest BCUT2D eigenvalue weighted by atomic mass is 10.1. The molecule has 2 saturated heterocycles. The number of hydrogen-bond donors (Lipinski definition) is 0. The highest BCUT2D eigenvalue weighted by Gasteiger charge is 2.51. The summed E-state index contributed by atoms with van der Waals surface area (Å²) < 4.78 is 44.5. The summed E-state index contributed by atoms with van der Waals surface area (Å²) in [5, 5.41) is 0. The topological polar surface area (TPSA) is 142 Å². The highest BCUT2D eigenvalue weighted by Crippen LogP contribution is 2.32. The molecule has 0 aromatic heterocycles. The third-order valence-corrected chi connectivity index (χ3v) is 8.10. The van der Waals surface area contributed by atoms with Gasteiger partial charge in [0.2, 0.25) is 0 Å². The highest BCUT2D eigenvalue weighted by atomic mass is 16.7. The monoisotopic (exact) mass is 694 g/mol. The van der Waals surface area contributed by atoms with E-state index < -0.39 is 48.3 Å². The van der Waals surface area contributed by atoms with Crippen LogP contribution in [0.5, 0.6) is 11.5 Å². The Balaban J connectivity index is 1.10. The van der Waals surface area contributed by atoms with Gasteiger partial charge < -0.3 is 37.9 Å². The number of benzene rings is 2. The van der Waals surface area contributed by atoms with E-state index in [2.05, 4.69) is 13.2 Å². The Kier molecular flexibility index (Phi) is 15.8. The molecular weight excluding hydrogens is 648 g/mol. The first-order chi connectivity index (χ1) is 24.4. The second-order valence-electron chi connectivity index (χ2n) is 11.8. The van der Waals surface area contributed by atoms with Gasteiger partial charge in [-0.1, -0.05) is 13.2 Å². The van der Waals surface area contributed by atoms with Crippen LogP contribution in [0.15, 0.2) is 73.8 Å². The van der Waals surface area contributed by atoms with E-state index in [1.165, 1.54) is 0 Å². The van der Waals surface area contributed by atoms with Crippen LogP contribution in [0.3, 0.4) is 0 Å². The molecule has 4 atom stereocenters. The lowest BCUT2D eigenvalue weighted by Crippen LogP contribution is -2.36. The molecule has 270 valence electrons. The van der Waals surface area contributed by atoms with Crippen LogP contribution < -0.4 is 9.47 Å². The standard InChI is InChI=1S/C38H46O12/c1-3-33(39)45-23-11-7-5-9-21-43-29-17-13-27(14-18-29)37(41)49-31-25-47-36-32(26-48-35(31)36)50-38(42)28-15-19-30(20-16-28)44-22-10-6-8-12-24-46-34(40)4-2/h3-4,13-20,31-32,35-36H,1-2,5-12,21-26H2/t31-,32?,35-,36-/m1/s1. The first kappa shape index (κ1) is 38.1. The maximum Gasteiger partial charge on any atom is 0.338 e. The minimum Gasteiger partial charge on any atom is -0.494 e. The average molecular weight is 695 g/mol. The summed E-state index contributed by atoms with van der Waals surface area (Å²) in [6.45, 7) is 8.81. The molecule has 2 aromatic carbocycles. The summed E-state index contributed by atoms with van der Waals surface area (Å²) in [5.41, 5.74) is 0.735.